The SMILES string of the molecule is Cc1c(C(C)(C)C)ncc2[nH]ccc12. The van der Waals surface area contributed by atoms with Gasteiger partial charge in [-0.1, -0.05) is 20.8 Å². The summed E-state index contributed by atoms with van der Waals surface area (Å²) < 4.78 is 0. The maximum atomic E-state index is 4.52. The molecular formula is C12H16N2. The third-order valence-electron chi connectivity index (χ3n) is 2.57. The molecule has 2 aromatic heterocycles. The molecule has 0 aliphatic carbocycles. The molecular weight excluding hydrogens is 172 g/mol. The van der Waals surface area contributed by atoms with Gasteiger partial charge in [0.25, 0.3) is 0 Å². The summed E-state index contributed by atoms with van der Waals surface area (Å²) in [5, 5.41) is 1.28. The molecule has 0 fully saturated rings. The smallest absolute Gasteiger partial charge is 0.0643 e. The third-order valence-corrected chi connectivity index (χ3v) is 2.57. The highest BCUT2D eigenvalue weighted by Crippen LogP contribution is 2.27. The Balaban J connectivity index is 2.74. The van der Waals surface area contributed by atoms with Crippen LogP contribution in [0.4, 0.5) is 0 Å². The summed E-state index contributed by atoms with van der Waals surface area (Å²) in [4.78, 5) is 7.70. The number of rotatable bonds is 0. The van der Waals surface area contributed by atoms with Crippen molar-refractivity contribution in [3.05, 3.63) is 29.7 Å². The molecule has 0 aliphatic heterocycles. The van der Waals surface area contributed by atoms with Crippen LogP contribution in [-0.4, -0.2) is 9.97 Å². The number of nitrogens with one attached hydrogen (secondary N) is 1. The Hall–Kier alpha value is -1.31. The Morgan fingerprint density at radius 1 is 1.29 bits per heavy atom. The standard InChI is InChI=1S/C12H16N2/c1-8-9-5-6-13-10(9)7-14-11(8)12(2,3)4/h5-7,13H,1-4H3. The Morgan fingerprint density at radius 3 is 2.64 bits per heavy atom. The summed E-state index contributed by atoms with van der Waals surface area (Å²) in [6.07, 6.45) is 3.88. The molecule has 0 aliphatic rings. The van der Waals surface area contributed by atoms with Crippen molar-refractivity contribution in [2.75, 3.05) is 0 Å². The van der Waals surface area contributed by atoms with Gasteiger partial charge < -0.3 is 4.98 Å². The Morgan fingerprint density at radius 2 is 2.00 bits per heavy atom. The molecule has 0 radical (unpaired) electrons. The van der Waals surface area contributed by atoms with Gasteiger partial charge in [-0.2, -0.15) is 0 Å². The lowest BCUT2D eigenvalue weighted by Gasteiger charge is -2.20. The second-order valence-electron chi connectivity index (χ2n) is 4.79. The van der Waals surface area contributed by atoms with Gasteiger partial charge in [-0.3, -0.25) is 4.98 Å². The first kappa shape index (κ1) is 9.25. The minimum atomic E-state index is 0.121. The van der Waals surface area contributed by atoms with Crippen LogP contribution in [-0.2, 0) is 5.41 Å². The van der Waals surface area contributed by atoms with E-state index < -0.39 is 0 Å². The van der Waals surface area contributed by atoms with Gasteiger partial charge in [0.05, 0.1) is 11.7 Å². The molecule has 0 unspecified atom stereocenters. The van der Waals surface area contributed by atoms with Gasteiger partial charge in [0.2, 0.25) is 0 Å². The normalized spacial score (nSPS) is 12.3. The van der Waals surface area contributed by atoms with Crippen molar-refractivity contribution in [1.82, 2.24) is 9.97 Å². The number of H-pyrrole nitrogens is 1. The number of pyridine rings is 1. The highest BCUT2D eigenvalue weighted by atomic mass is 14.8. The first-order chi connectivity index (χ1) is 6.50. The van der Waals surface area contributed by atoms with Crippen LogP contribution in [0.2, 0.25) is 0 Å². The number of hydrogen-bond donors (Lipinski definition) is 1. The van der Waals surface area contributed by atoms with E-state index >= 15 is 0 Å². The maximum Gasteiger partial charge on any atom is 0.0643 e. The quantitative estimate of drug-likeness (QED) is 0.676. The average molecular weight is 188 g/mol. The van der Waals surface area contributed by atoms with E-state index in [1.54, 1.807) is 0 Å². The topological polar surface area (TPSA) is 28.7 Å². The molecule has 2 rings (SSSR count). The molecule has 14 heavy (non-hydrogen) atoms. The van der Waals surface area contributed by atoms with E-state index in [9.17, 15) is 0 Å². The molecule has 74 valence electrons. The van der Waals surface area contributed by atoms with Crippen LogP contribution in [0.5, 0.6) is 0 Å². The molecule has 0 atom stereocenters. The fraction of sp³-hybridized carbons (Fsp3) is 0.417. The van der Waals surface area contributed by atoms with Gasteiger partial charge in [0, 0.05) is 22.7 Å². The number of aryl methyl sites for hydroxylation is 1. The molecule has 2 aromatic rings. The largest absolute Gasteiger partial charge is 0.360 e. The van der Waals surface area contributed by atoms with Gasteiger partial charge in [-0.25, -0.2) is 0 Å². The summed E-state index contributed by atoms with van der Waals surface area (Å²) in [5.74, 6) is 0. The number of nitrogens with zero attached hydrogens (tertiary/aromatic N) is 1. The third kappa shape index (κ3) is 1.31. The molecule has 0 amide bonds. The molecule has 0 saturated heterocycles. The Kier molecular flexibility index (Phi) is 1.88. The van der Waals surface area contributed by atoms with Crippen LogP contribution in [0.15, 0.2) is 18.5 Å². The number of fused-ring (bicyclic) bond motifs is 1. The zero-order chi connectivity index (χ0) is 10.3. The van der Waals surface area contributed by atoms with Crippen LogP contribution in [0, 0.1) is 6.92 Å². The fourth-order valence-corrected chi connectivity index (χ4v) is 1.93. The number of hydrogen-bond acceptors (Lipinski definition) is 1. The van der Waals surface area contributed by atoms with E-state index in [1.165, 1.54) is 16.6 Å². The van der Waals surface area contributed by atoms with Gasteiger partial charge >= 0.3 is 0 Å². The molecule has 2 nitrogen and oxygen atoms in total. The molecule has 1 N–H and O–H groups in total. The monoisotopic (exact) mass is 188 g/mol. The van der Waals surface area contributed by atoms with Crippen molar-refractivity contribution in [1.29, 1.82) is 0 Å². The Bertz CT molecular complexity index is 461. The summed E-state index contributed by atoms with van der Waals surface area (Å²) in [7, 11) is 0. The second-order valence-corrected chi connectivity index (χ2v) is 4.79. The number of aromatic nitrogens is 2. The van der Waals surface area contributed by atoms with E-state index in [2.05, 4.69) is 43.7 Å². The Labute approximate surface area is 84.4 Å². The van der Waals surface area contributed by atoms with Crippen molar-refractivity contribution in [2.45, 2.75) is 33.1 Å². The summed E-state index contributed by atoms with van der Waals surface area (Å²) >= 11 is 0. The zero-order valence-corrected chi connectivity index (χ0v) is 9.18. The lowest BCUT2D eigenvalue weighted by molar-refractivity contribution is 0.566. The predicted octanol–water partition coefficient (Wildman–Crippen LogP) is 3.17. The highest BCUT2D eigenvalue weighted by Gasteiger charge is 2.19. The van der Waals surface area contributed by atoms with Crippen LogP contribution < -0.4 is 0 Å². The summed E-state index contributed by atoms with van der Waals surface area (Å²) in [6, 6.07) is 2.11. The van der Waals surface area contributed by atoms with Gasteiger partial charge in [0.15, 0.2) is 0 Å². The van der Waals surface area contributed by atoms with Crippen molar-refractivity contribution in [3.63, 3.8) is 0 Å². The molecule has 2 heteroatoms. The lowest BCUT2D eigenvalue weighted by atomic mass is 9.88. The van der Waals surface area contributed by atoms with Crippen molar-refractivity contribution < 1.29 is 0 Å². The second kappa shape index (κ2) is 2.84. The van der Waals surface area contributed by atoms with E-state index in [0.717, 1.165) is 5.52 Å². The van der Waals surface area contributed by atoms with Gasteiger partial charge in [0.1, 0.15) is 0 Å². The number of aromatic amines is 1. The van der Waals surface area contributed by atoms with Gasteiger partial charge in [-0.05, 0) is 18.6 Å². The molecule has 0 bridgehead atoms. The molecule has 0 spiro atoms. The van der Waals surface area contributed by atoms with Crippen molar-refractivity contribution >= 4 is 10.9 Å². The first-order valence-corrected chi connectivity index (χ1v) is 4.93. The van der Waals surface area contributed by atoms with Crippen LogP contribution in [0.25, 0.3) is 10.9 Å². The van der Waals surface area contributed by atoms with Crippen molar-refractivity contribution in [2.24, 2.45) is 0 Å². The van der Waals surface area contributed by atoms with E-state index in [1.807, 2.05) is 12.4 Å². The van der Waals surface area contributed by atoms with Crippen molar-refractivity contribution in [3.8, 4) is 0 Å². The van der Waals surface area contributed by atoms with E-state index in [0.29, 0.717) is 0 Å². The fourth-order valence-electron chi connectivity index (χ4n) is 1.93. The lowest BCUT2D eigenvalue weighted by Crippen LogP contribution is -2.15. The summed E-state index contributed by atoms with van der Waals surface area (Å²) in [5.41, 5.74) is 3.71. The van der Waals surface area contributed by atoms with Crippen LogP contribution in [0.3, 0.4) is 0 Å². The van der Waals surface area contributed by atoms with Gasteiger partial charge in [-0.15, -0.1) is 0 Å². The van der Waals surface area contributed by atoms with Crippen LogP contribution >= 0.6 is 0 Å². The minimum absolute atomic E-state index is 0.121. The first-order valence-electron chi connectivity index (χ1n) is 4.93. The summed E-state index contributed by atoms with van der Waals surface area (Å²) in [6.45, 7) is 8.73. The average Bonchev–Trinajstić information content (AvgIpc) is 2.50. The highest BCUT2D eigenvalue weighted by molar-refractivity contribution is 5.82. The molecule has 0 saturated carbocycles. The van der Waals surface area contributed by atoms with E-state index in [-0.39, 0.29) is 5.41 Å². The minimum Gasteiger partial charge on any atom is -0.360 e. The van der Waals surface area contributed by atoms with E-state index in [4.69, 9.17) is 0 Å². The zero-order valence-electron chi connectivity index (χ0n) is 9.18. The molecule has 2 heterocycles. The molecule has 0 aromatic carbocycles. The van der Waals surface area contributed by atoms with Crippen LogP contribution in [0.1, 0.15) is 32.0 Å². The predicted molar refractivity (Wildman–Crippen MR) is 59.5 cm³/mol. The maximum absolute atomic E-state index is 4.52.